The number of hydrogen-bond donors (Lipinski definition) is 0. The summed E-state index contributed by atoms with van der Waals surface area (Å²) in [7, 11) is 0. The predicted octanol–water partition coefficient (Wildman–Crippen LogP) is 3.58. The van der Waals surface area contributed by atoms with E-state index in [1.165, 1.54) is 24.3 Å². The molecular formula is C13H8BrNO4. The molecule has 0 atom stereocenters. The number of carbonyl (C=O) groups excluding carboxylic acids is 1. The minimum absolute atomic E-state index is 0.0535. The van der Waals surface area contributed by atoms with Gasteiger partial charge in [0.15, 0.2) is 0 Å². The average molecular weight is 322 g/mol. The van der Waals surface area contributed by atoms with E-state index >= 15 is 0 Å². The van der Waals surface area contributed by atoms with Crippen LogP contribution >= 0.6 is 15.9 Å². The molecule has 0 fully saturated rings. The number of hydrogen-bond acceptors (Lipinski definition) is 4. The molecule has 0 heterocycles. The fraction of sp³-hybridized carbons (Fsp3) is 0. The number of carbonyl (C=O) groups is 1. The molecule has 2 aromatic rings. The van der Waals surface area contributed by atoms with Crippen LogP contribution in [0.3, 0.4) is 0 Å². The van der Waals surface area contributed by atoms with Gasteiger partial charge >= 0.3 is 5.97 Å². The molecule has 6 heteroatoms. The van der Waals surface area contributed by atoms with Gasteiger partial charge in [-0.1, -0.05) is 22.0 Å². The topological polar surface area (TPSA) is 69.4 Å². The van der Waals surface area contributed by atoms with Crippen molar-refractivity contribution >= 4 is 27.6 Å². The lowest BCUT2D eigenvalue weighted by atomic mass is 10.2. The summed E-state index contributed by atoms with van der Waals surface area (Å²) < 4.78 is 5.88. The molecule has 2 rings (SSSR count). The Bertz CT molecular complexity index is 625. The second-order valence-electron chi connectivity index (χ2n) is 3.65. The Balaban J connectivity index is 2.13. The number of nitrogens with zero attached hydrogens (tertiary/aromatic N) is 1. The molecule has 2 aromatic carbocycles. The third kappa shape index (κ3) is 3.38. The van der Waals surface area contributed by atoms with Crippen LogP contribution in [0.4, 0.5) is 5.69 Å². The van der Waals surface area contributed by atoms with Gasteiger partial charge in [-0.3, -0.25) is 10.1 Å². The minimum Gasteiger partial charge on any atom is -0.423 e. The molecule has 0 amide bonds. The quantitative estimate of drug-likeness (QED) is 0.375. The van der Waals surface area contributed by atoms with Crippen molar-refractivity contribution in [2.45, 2.75) is 0 Å². The van der Waals surface area contributed by atoms with Gasteiger partial charge in [0, 0.05) is 16.6 Å². The first-order valence-electron chi connectivity index (χ1n) is 5.28. The smallest absolute Gasteiger partial charge is 0.343 e. The lowest BCUT2D eigenvalue weighted by Gasteiger charge is -2.04. The van der Waals surface area contributed by atoms with Crippen molar-refractivity contribution in [2.75, 3.05) is 0 Å². The standard InChI is InChI=1S/C13H8BrNO4/c14-10-3-1-2-9(8-10)13(16)19-12-6-4-11(5-7-12)15(17)18/h1-8H. The van der Waals surface area contributed by atoms with Crippen molar-refractivity contribution in [3.05, 3.63) is 68.7 Å². The molecule has 5 nitrogen and oxygen atoms in total. The summed E-state index contributed by atoms with van der Waals surface area (Å²) in [5.74, 6) is -0.259. The zero-order chi connectivity index (χ0) is 13.8. The van der Waals surface area contributed by atoms with E-state index in [9.17, 15) is 14.9 Å². The monoisotopic (exact) mass is 321 g/mol. The summed E-state index contributed by atoms with van der Waals surface area (Å²) in [6, 6.07) is 12.1. The van der Waals surface area contributed by atoms with Crippen LogP contribution in [0.25, 0.3) is 0 Å². The summed E-state index contributed by atoms with van der Waals surface area (Å²) in [5, 5.41) is 10.5. The predicted molar refractivity (Wildman–Crippen MR) is 72.2 cm³/mol. The Kier molecular flexibility index (Phi) is 3.91. The first-order valence-corrected chi connectivity index (χ1v) is 6.08. The summed E-state index contributed by atoms with van der Waals surface area (Å²) in [6.07, 6.45) is 0. The van der Waals surface area contributed by atoms with Crippen molar-refractivity contribution in [3.63, 3.8) is 0 Å². The molecule has 0 saturated heterocycles. The normalized spacial score (nSPS) is 9.95. The van der Waals surface area contributed by atoms with Gasteiger partial charge in [-0.2, -0.15) is 0 Å². The SMILES string of the molecule is O=C(Oc1ccc([N+](=O)[O-])cc1)c1cccc(Br)c1. The molecular weight excluding hydrogens is 314 g/mol. The van der Waals surface area contributed by atoms with Crippen LogP contribution in [-0.4, -0.2) is 10.9 Å². The van der Waals surface area contributed by atoms with E-state index in [0.717, 1.165) is 4.47 Å². The average Bonchev–Trinajstić information content (AvgIpc) is 2.39. The summed E-state index contributed by atoms with van der Waals surface area (Å²) in [4.78, 5) is 21.8. The van der Waals surface area contributed by atoms with Gasteiger partial charge < -0.3 is 4.74 Å². The maximum Gasteiger partial charge on any atom is 0.343 e. The van der Waals surface area contributed by atoms with Crippen LogP contribution in [0.5, 0.6) is 5.75 Å². The van der Waals surface area contributed by atoms with E-state index in [0.29, 0.717) is 5.56 Å². The van der Waals surface area contributed by atoms with Crippen molar-refractivity contribution in [2.24, 2.45) is 0 Å². The number of ether oxygens (including phenoxy) is 1. The molecule has 0 radical (unpaired) electrons. The van der Waals surface area contributed by atoms with Crippen molar-refractivity contribution in [1.82, 2.24) is 0 Å². The zero-order valence-electron chi connectivity index (χ0n) is 9.58. The van der Waals surface area contributed by atoms with E-state index in [4.69, 9.17) is 4.74 Å². The fourth-order valence-electron chi connectivity index (χ4n) is 1.42. The third-order valence-electron chi connectivity index (χ3n) is 2.32. The summed E-state index contributed by atoms with van der Waals surface area (Å²) >= 11 is 3.26. The van der Waals surface area contributed by atoms with Crippen LogP contribution in [0, 0.1) is 10.1 Å². The molecule has 19 heavy (non-hydrogen) atoms. The van der Waals surface area contributed by atoms with Crippen LogP contribution in [0.2, 0.25) is 0 Å². The number of nitro groups is 1. The second-order valence-corrected chi connectivity index (χ2v) is 4.57. The first kappa shape index (κ1) is 13.2. The summed E-state index contributed by atoms with van der Waals surface area (Å²) in [6.45, 7) is 0. The third-order valence-corrected chi connectivity index (χ3v) is 2.81. The van der Waals surface area contributed by atoms with Crippen LogP contribution < -0.4 is 4.74 Å². The van der Waals surface area contributed by atoms with Gasteiger partial charge in [0.05, 0.1) is 10.5 Å². The number of non-ortho nitro benzene ring substituents is 1. The molecule has 0 spiro atoms. The van der Waals surface area contributed by atoms with E-state index < -0.39 is 10.9 Å². The molecule has 0 aliphatic carbocycles. The van der Waals surface area contributed by atoms with Crippen molar-refractivity contribution < 1.29 is 14.5 Å². The van der Waals surface area contributed by atoms with Crippen molar-refractivity contribution in [3.8, 4) is 5.75 Å². The molecule has 0 aliphatic heterocycles. The van der Waals surface area contributed by atoms with Crippen LogP contribution in [-0.2, 0) is 0 Å². The van der Waals surface area contributed by atoms with Crippen LogP contribution in [0.15, 0.2) is 53.0 Å². The van der Waals surface area contributed by atoms with Crippen molar-refractivity contribution in [1.29, 1.82) is 0 Å². The number of halogens is 1. The second kappa shape index (κ2) is 5.62. The number of rotatable bonds is 3. The Morgan fingerprint density at radius 2 is 1.84 bits per heavy atom. The molecule has 0 aliphatic rings. The highest BCUT2D eigenvalue weighted by atomic mass is 79.9. The highest BCUT2D eigenvalue weighted by Crippen LogP contribution is 2.19. The Labute approximate surface area is 117 Å². The summed E-state index contributed by atoms with van der Waals surface area (Å²) in [5.41, 5.74) is 0.343. The number of nitro benzene ring substituents is 1. The Morgan fingerprint density at radius 1 is 1.16 bits per heavy atom. The van der Waals surface area contributed by atoms with Gasteiger partial charge in [-0.25, -0.2) is 4.79 Å². The van der Waals surface area contributed by atoms with Crippen LogP contribution in [0.1, 0.15) is 10.4 Å². The molecule has 0 N–H and O–H groups in total. The Hall–Kier alpha value is -2.21. The van der Waals surface area contributed by atoms with E-state index in [2.05, 4.69) is 15.9 Å². The molecule has 96 valence electrons. The number of benzene rings is 2. The molecule has 0 saturated carbocycles. The van der Waals surface area contributed by atoms with E-state index in [-0.39, 0.29) is 11.4 Å². The fourth-order valence-corrected chi connectivity index (χ4v) is 1.82. The lowest BCUT2D eigenvalue weighted by Crippen LogP contribution is -2.08. The number of esters is 1. The Morgan fingerprint density at radius 3 is 2.42 bits per heavy atom. The van der Waals surface area contributed by atoms with Gasteiger partial charge in [0.25, 0.3) is 5.69 Å². The lowest BCUT2D eigenvalue weighted by molar-refractivity contribution is -0.384. The van der Waals surface area contributed by atoms with Gasteiger partial charge in [0.2, 0.25) is 0 Å². The van der Waals surface area contributed by atoms with E-state index in [1.54, 1.807) is 24.3 Å². The zero-order valence-corrected chi connectivity index (χ0v) is 11.2. The van der Waals surface area contributed by atoms with Gasteiger partial charge in [0.1, 0.15) is 5.75 Å². The first-order chi connectivity index (χ1) is 9.06. The molecule has 0 bridgehead atoms. The molecule has 0 unspecified atom stereocenters. The minimum atomic E-state index is -0.518. The highest BCUT2D eigenvalue weighted by molar-refractivity contribution is 9.10. The largest absolute Gasteiger partial charge is 0.423 e. The highest BCUT2D eigenvalue weighted by Gasteiger charge is 2.10. The maximum atomic E-state index is 11.8. The van der Waals surface area contributed by atoms with Gasteiger partial charge in [-0.05, 0) is 30.3 Å². The van der Waals surface area contributed by atoms with Gasteiger partial charge in [-0.15, -0.1) is 0 Å². The molecule has 0 aromatic heterocycles. The van der Waals surface area contributed by atoms with E-state index in [1.807, 2.05) is 0 Å². The maximum absolute atomic E-state index is 11.8.